The number of carbonyl (C=O) groups excluding carboxylic acids is 1. The second-order valence-electron chi connectivity index (χ2n) is 2.66. The molecule has 0 radical (unpaired) electrons. The van der Waals surface area contributed by atoms with Crippen molar-refractivity contribution in [1.29, 1.82) is 0 Å². The second kappa shape index (κ2) is 6.74. The summed E-state index contributed by atoms with van der Waals surface area (Å²) >= 11 is 0. The fourth-order valence-corrected chi connectivity index (χ4v) is 1.72. The zero-order valence-electron chi connectivity index (χ0n) is 8.02. The van der Waals surface area contributed by atoms with E-state index < -0.39 is 21.7 Å². The highest BCUT2D eigenvalue weighted by Crippen LogP contribution is 1.90. The number of methoxy groups -OCH3 is 1. The maximum atomic E-state index is 11.1. The van der Waals surface area contributed by atoms with Crippen molar-refractivity contribution in [2.24, 2.45) is 0 Å². The molecule has 0 saturated heterocycles. The van der Waals surface area contributed by atoms with Crippen LogP contribution in [-0.2, 0) is 19.6 Å². The first-order chi connectivity index (χ1) is 6.52. The molecule has 0 rings (SSSR count). The van der Waals surface area contributed by atoms with Gasteiger partial charge in [-0.25, -0.2) is 13.1 Å². The largest absolute Gasteiger partial charge is 0.468 e. The smallest absolute Gasteiger partial charge is 0.322 e. The standard InChI is InChI=1S/C7H15NO5S/c1-13-7(10)6-14(11,12)8-4-2-3-5-9/h8-9H,2-6H2,1H3. The number of hydrogen-bond donors (Lipinski definition) is 2. The van der Waals surface area contributed by atoms with Gasteiger partial charge in [0.05, 0.1) is 7.11 Å². The number of nitrogens with one attached hydrogen (secondary N) is 1. The van der Waals surface area contributed by atoms with Crippen LogP contribution < -0.4 is 4.72 Å². The Balaban J connectivity index is 3.79. The third-order valence-corrected chi connectivity index (χ3v) is 2.70. The average molecular weight is 225 g/mol. The summed E-state index contributed by atoms with van der Waals surface area (Å²) in [5.74, 6) is -1.46. The van der Waals surface area contributed by atoms with E-state index in [4.69, 9.17) is 5.11 Å². The van der Waals surface area contributed by atoms with E-state index in [1.807, 2.05) is 0 Å². The number of hydrogen-bond acceptors (Lipinski definition) is 5. The zero-order valence-corrected chi connectivity index (χ0v) is 8.84. The Hall–Kier alpha value is -0.660. The number of sulfonamides is 1. The number of carbonyl (C=O) groups is 1. The first-order valence-corrected chi connectivity index (χ1v) is 5.82. The summed E-state index contributed by atoms with van der Waals surface area (Å²) in [5, 5.41) is 8.43. The normalized spacial score (nSPS) is 11.3. The van der Waals surface area contributed by atoms with Crippen LogP contribution in [0.25, 0.3) is 0 Å². The lowest BCUT2D eigenvalue weighted by molar-refractivity contribution is -0.137. The number of unbranched alkanes of at least 4 members (excludes halogenated alkanes) is 1. The summed E-state index contributed by atoms with van der Waals surface area (Å²) in [7, 11) is -2.45. The van der Waals surface area contributed by atoms with Crippen LogP contribution in [0.15, 0.2) is 0 Å². The monoisotopic (exact) mass is 225 g/mol. The molecular weight excluding hydrogens is 210 g/mol. The van der Waals surface area contributed by atoms with Gasteiger partial charge in [-0.2, -0.15) is 0 Å². The second-order valence-corrected chi connectivity index (χ2v) is 4.47. The highest BCUT2D eigenvalue weighted by Gasteiger charge is 2.15. The summed E-state index contributed by atoms with van der Waals surface area (Å²) in [6, 6.07) is 0. The molecule has 0 unspecified atom stereocenters. The number of aliphatic hydroxyl groups excluding tert-OH is 1. The molecule has 0 aromatic heterocycles. The van der Waals surface area contributed by atoms with Gasteiger partial charge in [0, 0.05) is 13.2 Å². The molecule has 0 aliphatic carbocycles. The molecule has 84 valence electrons. The van der Waals surface area contributed by atoms with Crippen LogP contribution >= 0.6 is 0 Å². The van der Waals surface area contributed by atoms with Crippen LogP contribution in [-0.4, -0.2) is 45.5 Å². The quantitative estimate of drug-likeness (QED) is 0.421. The number of rotatable bonds is 7. The van der Waals surface area contributed by atoms with Crippen molar-refractivity contribution < 1.29 is 23.1 Å². The molecule has 0 heterocycles. The number of ether oxygens (including phenoxy) is 1. The van der Waals surface area contributed by atoms with E-state index in [-0.39, 0.29) is 13.2 Å². The van der Waals surface area contributed by atoms with Crippen molar-refractivity contribution in [3.63, 3.8) is 0 Å². The van der Waals surface area contributed by atoms with E-state index in [1.54, 1.807) is 0 Å². The van der Waals surface area contributed by atoms with Gasteiger partial charge in [-0.1, -0.05) is 0 Å². The van der Waals surface area contributed by atoms with Crippen LogP contribution in [0.3, 0.4) is 0 Å². The average Bonchev–Trinajstić information content (AvgIpc) is 2.12. The predicted molar refractivity (Wildman–Crippen MR) is 50.1 cm³/mol. The van der Waals surface area contributed by atoms with Gasteiger partial charge >= 0.3 is 5.97 Å². The highest BCUT2D eigenvalue weighted by atomic mass is 32.2. The van der Waals surface area contributed by atoms with Crippen LogP contribution in [0.2, 0.25) is 0 Å². The molecule has 14 heavy (non-hydrogen) atoms. The van der Waals surface area contributed by atoms with E-state index in [2.05, 4.69) is 9.46 Å². The maximum Gasteiger partial charge on any atom is 0.322 e. The molecule has 7 heteroatoms. The van der Waals surface area contributed by atoms with Crippen molar-refractivity contribution in [2.45, 2.75) is 12.8 Å². The topological polar surface area (TPSA) is 92.7 Å². The van der Waals surface area contributed by atoms with Crippen LogP contribution in [0.4, 0.5) is 0 Å². The van der Waals surface area contributed by atoms with E-state index in [1.165, 1.54) is 0 Å². The van der Waals surface area contributed by atoms with Crippen molar-refractivity contribution in [3.05, 3.63) is 0 Å². The SMILES string of the molecule is COC(=O)CS(=O)(=O)NCCCCO. The Morgan fingerprint density at radius 2 is 2.07 bits per heavy atom. The van der Waals surface area contributed by atoms with Crippen LogP contribution in [0.5, 0.6) is 0 Å². The molecule has 0 atom stereocenters. The van der Waals surface area contributed by atoms with Gasteiger partial charge < -0.3 is 9.84 Å². The van der Waals surface area contributed by atoms with Gasteiger partial charge in [-0.15, -0.1) is 0 Å². The fraction of sp³-hybridized carbons (Fsp3) is 0.857. The minimum absolute atomic E-state index is 0.0265. The summed E-state index contributed by atoms with van der Waals surface area (Å²) in [6.45, 7) is 0.249. The molecule has 0 amide bonds. The summed E-state index contributed by atoms with van der Waals surface area (Å²) in [5.41, 5.74) is 0. The van der Waals surface area contributed by atoms with Crippen molar-refractivity contribution in [3.8, 4) is 0 Å². The van der Waals surface area contributed by atoms with E-state index in [0.29, 0.717) is 12.8 Å². The lowest BCUT2D eigenvalue weighted by Crippen LogP contribution is -2.31. The van der Waals surface area contributed by atoms with E-state index in [0.717, 1.165) is 7.11 Å². The number of esters is 1. The Kier molecular flexibility index (Phi) is 6.43. The zero-order chi connectivity index (χ0) is 11.0. The van der Waals surface area contributed by atoms with E-state index >= 15 is 0 Å². The molecule has 0 aliphatic heterocycles. The number of aliphatic hydroxyl groups is 1. The minimum Gasteiger partial charge on any atom is -0.468 e. The third kappa shape index (κ3) is 6.81. The molecule has 0 aromatic rings. The Labute approximate surface area is 83.3 Å². The summed E-state index contributed by atoms with van der Waals surface area (Å²) < 4.78 is 28.6. The molecular formula is C7H15NO5S. The predicted octanol–water partition coefficient (Wildman–Crippen LogP) is -1.15. The molecule has 0 aliphatic rings. The lowest BCUT2D eigenvalue weighted by atomic mass is 10.3. The van der Waals surface area contributed by atoms with Crippen LogP contribution in [0.1, 0.15) is 12.8 Å². The first-order valence-electron chi connectivity index (χ1n) is 4.17. The fourth-order valence-electron chi connectivity index (χ4n) is 0.730. The summed E-state index contributed by atoms with van der Waals surface area (Å²) in [4.78, 5) is 10.6. The Morgan fingerprint density at radius 3 is 2.57 bits per heavy atom. The molecule has 6 nitrogen and oxygen atoms in total. The maximum absolute atomic E-state index is 11.1. The molecule has 2 N–H and O–H groups in total. The van der Waals surface area contributed by atoms with Crippen molar-refractivity contribution in [2.75, 3.05) is 26.0 Å². The molecule has 0 bridgehead atoms. The van der Waals surface area contributed by atoms with Crippen molar-refractivity contribution in [1.82, 2.24) is 4.72 Å². The molecule has 0 spiro atoms. The highest BCUT2D eigenvalue weighted by molar-refractivity contribution is 7.90. The summed E-state index contributed by atoms with van der Waals surface area (Å²) in [6.07, 6.45) is 1.07. The molecule has 0 aromatic carbocycles. The van der Waals surface area contributed by atoms with Gasteiger partial charge in [0.1, 0.15) is 0 Å². The van der Waals surface area contributed by atoms with Gasteiger partial charge in [0.15, 0.2) is 5.75 Å². The van der Waals surface area contributed by atoms with E-state index in [9.17, 15) is 13.2 Å². The van der Waals surface area contributed by atoms with Crippen molar-refractivity contribution >= 4 is 16.0 Å². The first kappa shape index (κ1) is 13.3. The van der Waals surface area contributed by atoms with Gasteiger partial charge in [0.25, 0.3) is 0 Å². The third-order valence-electron chi connectivity index (χ3n) is 1.44. The van der Waals surface area contributed by atoms with Gasteiger partial charge in [-0.3, -0.25) is 4.79 Å². The Morgan fingerprint density at radius 1 is 1.43 bits per heavy atom. The van der Waals surface area contributed by atoms with Gasteiger partial charge in [-0.05, 0) is 12.8 Å². The molecule has 0 saturated carbocycles. The van der Waals surface area contributed by atoms with Gasteiger partial charge in [0.2, 0.25) is 10.0 Å². The van der Waals surface area contributed by atoms with Crippen LogP contribution in [0, 0.1) is 0 Å². The molecule has 0 fully saturated rings. The minimum atomic E-state index is -3.58. The lowest BCUT2D eigenvalue weighted by Gasteiger charge is -2.04. The Bertz CT molecular complexity index is 261.